The van der Waals surface area contributed by atoms with Gasteiger partial charge in [-0.2, -0.15) is 0 Å². The first-order valence-electron chi connectivity index (χ1n) is 5.76. The molecule has 98 valence electrons. The zero-order valence-corrected chi connectivity index (χ0v) is 10.6. The Balaban J connectivity index is 2.11. The summed E-state index contributed by atoms with van der Waals surface area (Å²) in [6, 6.07) is 4.17. The molecule has 0 saturated carbocycles. The molecule has 1 amide bonds. The highest BCUT2D eigenvalue weighted by Crippen LogP contribution is 2.35. The maximum atomic E-state index is 13.1. The molecule has 2 rings (SSSR count). The van der Waals surface area contributed by atoms with Gasteiger partial charge in [0.15, 0.2) is 0 Å². The lowest BCUT2D eigenvalue weighted by atomic mass is 10.1. The summed E-state index contributed by atoms with van der Waals surface area (Å²) >= 11 is 0. The lowest BCUT2D eigenvalue weighted by molar-refractivity contribution is 0.0635. The quantitative estimate of drug-likeness (QED) is 0.823. The number of ether oxygens (including phenoxy) is 2. The number of rotatable bonds is 2. The van der Waals surface area contributed by atoms with Crippen molar-refractivity contribution in [2.24, 2.45) is 0 Å². The number of amides is 1. The number of nitrogens with one attached hydrogen (secondary N) is 1. The Bertz CT molecular complexity index is 464. The first-order valence-corrected chi connectivity index (χ1v) is 5.76. The summed E-state index contributed by atoms with van der Waals surface area (Å²) in [5.74, 6) is -0.352. The van der Waals surface area contributed by atoms with Crippen LogP contribution in [0.4, 0.5) is 14.9 Å². The number of anilines is 1. The average molecular weight is 253 g/mol. The highest BCUT2D eigenvalue weighted by Gasteiger charge is 2.29. The Hall–Kier alpha value is -1.62. The molecule has 0 radical (unpaired) electrons. The molecule has 1 heterocycles. The van der Waals surface area contributed by atoms with Gasteiger partial charge in [-0.1, -0.05) is 0 Å². The molecule has 1 saturated heterocycles. The van der Waals surface area contributed by atoms with E-state index in [1.807, 2.05) is 0 Å². The van der Waals surface area contributed by atoms with Gasteiger partial charge in [0, 0.05) is 5.56 Å². The number of halogens is 1. The fourth-order valence-electron chi connectivity index (χ4n) is 1.56. The fourth-order valence-corrected chi connectivity index (χ4v) is 1.56. The van der Waals surface area contributed by atoms with Gasteiger partial charge in [0.1, 0.15) is 17.5 Å². The van der Waals surface area contributed by atoms with E-state index in [4.69, 9.17) is 9.47 Å². The van der Waals surface area contributed by atoms with Crippen LogP contribution in [0.3, 0.4) is 0 Å². The predicted molar refractivity (Wildman–Crippen MR) is 64.9 cm³/mol. The smallest absolute Gasteiger partial charge is 0.412 e. The van der Waals surface area contributed by atoms with Gasteiger partial charge in [0.25, 0.3) is 0 Å². The van der Waals surface area contributed by atoms with Crippen LogP contribution in [0.5, 0.6) is 0 Å². The highest BCUT2D eigenvalue weighted by molar-refractivity contribution is 5.86. The third-order valence-electron chi connectivity index (χ3n) is 2.33. The SMILES string of the molecule is CC(C)(C)OC(=O)Nc1ccc(F)cc1[C@H]1CO1. The highest BCUT2D eigenvalue weighted by atomic mass is 19.1. The van der Waals surface area contributed by atoms with Crippen molar-refractivity contribution in [2.75, 3.05) is 11.9 Å². The molecule has 1 aliphatic rings. The normalized spacial score (nSPS) is 18.3. The van der Waals surface area contributed by atoms with Crippen LogP contribution in [0, 0.1) is 5.82 Å². The van der Waals surface area contributed by atoms with Crippen molar-refractivity contribution in [3.63, 3.8) is 0 Å². The monoisotopic (exact) mass is 253 g/mol. The average Bonchev–Trinajstić information content (AvgIpc) is 3.01. The molecule has 1 atom stereocenters. The zero-order chi connectivity index (χ0) is 13.3. The van der Waals surface area contributed by atoms with E-state index in [0.717, 1.165) is 0 Å². The standard InChI is InChI=1S/C13H16FNO3/c1-13(2,3)18-12(16)15-10-5-4-8(14)6-9(10)11-7-17-11/h4-6,11H,7H2,1-3H3,(H,15,16)/t11-/m1/s1. The second-order valence-corrected chi connectivity index (χ2v) is 5.18. The minimum absolute atomic E-state index is 0.134. The molecule has 4 nitrogen and oxygen atoms in total. The molecule has 0 aromatic heterocycles. The van der Waals surface area contributed by atoms with Crippen molar-refractivity contribution in [3.8, 4) is 0 Å². The fraction of sp³-hybridized carbons (Fsp3) is 0.462. The van der Waals surface area contributed by atoms with E-state index in [1.54, 1.807) is 20.8 Å². The molecule has 1 aromatic rings. The maximum absolute atomic E-state index is 13.1. The summed E-state index contributed by atoms with van der Waals surface area (Å²) in [5, 5.41) is 2.61. The van der Waals surface area contributed by atoms with Crippen LogP contribution in [0.25, 0.3) is 0 Å². The van der Waals surface area contributed by atoms with E-state index in [9.17, 15) is 9.18 Å². The summed E-state index contributed by atoms with van der Waals surface area (Å²) in [4.78, 5) is 11.6. The van der Waals surface area contributed by atoms with Crippen molar-refractivity contribution in [3.05, 3.63) is 29.6 Å². The van der Waals surface area contributed by atoms with Gasteiger partial charge >= 0.3 is 6.09 Å². The summed E-state index contributed by atoms with van der Waals surface area (Å²) in [6.45, 7) is 5.89. The minimum Gasteiger partial charge on any atom is -0.444 e. The molecule has 1 aromatic carbocycles. The van der Waals surface area contributed by atoms with Crippen LogP contribution >= 0.6 is 0 Å². The topological polar surface area (TPSA) is 50.9 Å². The Morgan fingerprint density at radius 3 is 2.72 bits per heavy atom. The lowest BCUT2D eigenvalue weighted by Crippen LogP contribution is -2.27. The van der Waals surface area contributed by atoms with E-state index in [-0.39, 0.29) is 11.9 Å². The van der Waals surface area contributed by atoms with E-state index < -0.39 is 11.7 Å². The van der Waals surface area contributed by atoms with Crippen molar-refractivity contribution in [1.82, 2.24) is 0 Å². The molecule has 0 aliphatic carbocycles. The number of hydrogen-bond donors (Lipinski definition) is 1. The van der Waals surface area contributed by atoms with Gasteiger partial charge in [-0.25, -0.2) is 9.18 Å². The summed E-state index contributed by atoms with van der Waals surface area (Å²) in [5.41, 5.74) is 0.592. The number of epoxide rings is 1. The molecule has 1 N–H and O–H groups in total. The van der Waals surface area contributed by atoms with Crippen molar-refractivity contribution < 1.29 is 18.7 Å². The molecule has 0 spiro atoms. The van der Waals surface area contributed by atoms with Crippen LogP contribution < -0.4 is 5.32 Å². The number of carbonyl (C=O) groups is 1. The van der Waals surface area contributed by atoms with E-state index in [1.165, 1.54) is 18.2 Å². The first-order chi connectivity index (χ1) is 8.35. The lowest BCUT2D eigenvalue weighted by Gasteiger charge is -2.20. The van der Waals surface area contributed by atoms with Crippen LogP contribution in [0.1, 0.15) is 32.4 Å². The van der Waals surface area contributed by atoms with E-state index in [0.29, 0.717) is 17.9 Å². The Kier molecular flexibility index (Phi) is 3.26. The Labute approximate surface area is 105 Å². The number of carbonyl (C=O) groups excluding carboxylic acids is 1. The first kappa shape index (κ1) is 12.8. The van der Waals surface area contributed by atoms with E-state index >= 15 is 0 Å². The van der Waals surface area contributed by atoms with Crippen LogP contribution in [0.2, 0.25) is 0 Å². The van der Waals surface area contributed by atoms with Gasteiger partial charge in [0.05, 0.1) is 12.3 Å². The van der Waals surface area contributed by atoms with E-state index in [2.05, 4.69) is 5.32 Å². The zero-order valence-electron chi connectivity index (χ0n) is 10.6. The molecule has 1 aliphatic heterocycles. The maximum Gasteiger partial charge on any atom is 0.412 e. The molecular weight excluding hydrogens is 237 g/mol. The third-order valence-corrected chi connectivity index (χ3v) is 2.33. The molecule has 5 heteroatoms. The molecule has 18 heavy (non-hydrogen) atoms. The second-order valence-electron chi connectivity index (χ2n) is 5.18. The number of benzene rings is 1. The van der Waals surface area contributed by atoms with Gasteiger partial charge in [-0.05, 0) is 39.0 Å². The summed E-state index contributed by atoms with van der Waals surface area (Å²) in [7, 11) is 0. The van der Waals surface area contributed by atoms with Crippen LogP contribution in [-0.4, -0.2) is 18.3 Å². The molecule has 0 unspecified atom stereocenters. The Morgan fingerprint density at radius 1 is 1.50 bits per heavy atom. The molecule has 1 fully saturated rings. The van der Waals surface area contributed by atoms with Crippen molar-refractivity contribution in [1.29, 1.82) is 0 Å². The van der Waals surface area contributed by atoms with Crippen LogP contribution in [-0.2, 0) is 9.47 Å². The minimum atomic E-state index is -0.569. The second kappa shape index (κ2) is 4.57. The Morgan fingerprint density at radius 2 is 2.17 bits per heavy atom. The summed E-state index contributed by atoms with van der Waals surface area (Å²) in [6.07, 6.45) is -0.693. The van der Waals surface area contributed by atoms with Gasteiger partial charge in [-0.3, -0.25) is 5.32 Å². The van der Waals surface area contributed by atoms with Crippen molar-refractivity contribution >= 4 is 11.8 Å². The largest absolute Gasteiger partial charge is 0.444 e. The molecule has 0 bridgehead atoms. The van der Waals surface area contributed by atoms with Gasteiger partial charge < -0.3 is 9.47 Å². The predicted octanol–water partition coefficient (Wildman–Crippen LogP) is 3.24. The van der Waals surface area contributed by atoms with Gasteiger partial charge in [-0.15, -0.1) is 0 Å². The third kappa shape index (κ3) is 3.43. The van der Waals surface area contributed by atoms with Crippen LogP contribution in [0.15, 0.2) is 18.2 Å². The summed E-state index contributed by atoms with van der Waals surface area (Å²) < 4.78 is 23.4. The van der Waals surface area contributed by atoms with Crippen molar-refractivity contribution in [2.45, 2.75) is 32.5 Å². The molecular formula is C13H16FNO3. The number of hydrogen-bond acceptors (Lipinski definition) is 3. The van der Waals surface area contributed by atoms with Gasteiger partial charge in [0.2, 0.25) is 0 Å².